The molecule has 2 aromatic carbocycles. The molecule has 0 aliphatic rings. The van der Waals surface area contributed by atoms with Crippen LogP contribution in [0.15, 0.2) is 48.8 Å². The zero-order valence-corrected chi connectivity index (χ0v) is 15.8. The number of rotatable bonds is 6. The molecule has 1 aromatic heterocycles. The second-order valence-corrected chi connectivity index (χ2v) is 6.18. The number of nitriles is 1. The number of benzene rings is 2. The number of hydrogen-bond acceptors (Lipinski definition) is 5. The summed E-state index contributed by atoms with van der Waals surface area (Å²) >= 11 is 0. The molecule has 10 heteroatoms. The molecule has 152 valence electrons. The Hall–Kier alpha value is -4.26. The minimum Gasteiger partial charge on any atom is -0.496 e. The first-order chi connectivity index (χ1) is 14.3. The highest BCUT2D eigenvalue weighted by molar-refractivity contribution is 6.13. The summed E-state index contributed by atoms with van der Waals surface area (Å²) in [6.45, 7) is -2.79. The van der Waals surface area contributed by atoms with Gasteiger partial charge in [-0.25, -0.2) is 4.68 Å². The number of ether oxygens (including phenoxy) is 1. The summed E-state index contributed by atoms with van der Waals surface area (Å²) < 4.78 is 31.2. The number of halogens is 2. The zero-order valence-electron chi connectivity index (χ0n) is 15.8. The molecule has 3 aromatic rings. The second kappa shape index (κ2) is 8.40. The van der Waals surface area contributed by atoms with E-state index in [9.17, 15) is 13.6 Å². The van der Waals surface area contributed by atoms with Crippen molar-refractivity contribution in [3.8, 4) is 11.8 Å². The van der Waals surface area contributed by atoms with Gasteiger partial charge in [-0.1, -0.05) is 0 Å². The molecule has 5 N–H and O–H groups in total. The van der Waals surface area contributed by atoms with Crippen LogP contribution in [0.3, 0.4) is 0 Å². The van der Waals surface area contributed by atoms with Gasteiger partial charge in [-0.15, -0.1) is 0 Å². The van der Waals surface area contributed by atoms with E-state index in [-0.39, 0.29) is 22.6 Å². The van der Waals surface area contributed by atoms with Crippen LogP contribution >= 0.6 is 0 Å². The van der Waals surface area contributed by atoms with Crippen molar-refractivity contribution in [2.45, 2.75) is 6.55 Å². The highest BCUT2D eigenvalue weighted by Crippen LogP contribution is 2.24. The van der Waals surface area contributed by atoms with Crippen molar-refractivity contribution < 1.29 is 23.7 Å². The number of nitrogens with one attached hydrogen (secondary N) is 1. The number of hydrogen-bond donors (Lipinski definition) is 3. The number of alkyl halides is 2. The number of nitrogen functional groups attached to an aromatic ring is 1. The van der Waals surface area contributed by atoms with Crippen molar-refractivity contribution in [1.29, 1.82) is 5.26 Å². The Bertz CT molecular complexity index is 1170. The third kappa shape index (κ3) is 4.10. The van der Waals surface area contributed by atoms with E-state index in [1.54, 1.807) is 6.07 Å². The summed E-state index contributed by atoms with van der Waals surface area (Å²) in [5.41, 5.74) is 7.97. The van der Waals surface area contributed by atoms with Crippen LogP contribution in [0.5, 0.6) is 5.75 Å². The van der Waals surface area contributed by atoms with Gasteiger partial charge < -0.3 is 15.8 Å². The molecule has 0 radical (unpaired) electrons. The van der Waals surface area contributed by atoms with Crippen molar-refractivity contribution in [3.05, 3.63) is 71.0 Å². The number of carbonyl (C=O) groups is 1. The normalized spacial score (nSPS) is 10.5. The fraction of sp³-hybridized carbons (Fsp3) is 0.100. The van der Waals surface area contributed by atoms with Crippen LogP contribution < -0.4 is 21.2 Å². The molecule has 0 unspecified atom stereocenters. The van der Waals surface area contributed by atoms with Gasteiger partial charge in [0.15, 0.2) is 0 Å². The van der Waals surface area contributed by atoms with Crippen molar-refractivity contribution in [2.24, 2.45) is 0 Å². The highest BCUT2D eigenvalue weighted by Gasteiger charge is 2.20. The van der Waals surface area contributed by atoms with E-state index in [4.69, 9.17) is 21.1 Å². The molecule has 30 heavy (non-hydrogen) atoms. The van der Waals surface area contributed by atoms with E-state index < -0.39 is 12.5 Å². The maximum atomic E-state index is 12.8. The Morgan fingerprint density at radius 2 is 2.07 bits per heavy atom. The van der Waals surface area contributed by atoms with Crippen molar-refractivity contribution >= 4 is 23.0 Å². The lowest BCUT2D eigenvalue weighted by Gasteiger charge is -2.11. The minimum atomic E-state index is -2.79. The molecule has 8 nitrogen and oxygen atoms in total. The van der Waals surface area contributed by atoms with Crippen LogP contribution in [-0.4, -0.2) is 28.5 Å². The van der Waals surface area contributed by atoms with Crippen molar-refractivity contribution in [1.82, 2.24) is 9.78 Å². The lowest BCUT2D eigenvalue weighted by Crippen LogP contribution is -2.41. The van der Waals surface area contributed by atoms with Crippen LogP contribution in [0.25, 0.3) is 0 Å². The number of methoxy groups -OCH3 is 1. The molecule has 0 saturated heterocycles. The van der Waals surface area contributed by atoms with E-state index >= 15 is 0 Å². The molecule has 3 rings (SSSR count). The molecule has 0 spiro atoms. The van der Waals surface area contributed by atoms with Crippen molar-refractivity contribution in [3.63, 3.8) is 0 Å². The lowest BCUT2D eigenvalue weighted by molar-refractivity contribution is -0.111. The molecule has 0 aliphatic heterocycles. The summed E-state index contributed by atoms with van der Waals surface area (Å²) in [5.74, 6) is -0.233. The molecule has 0 saturated carbocycles. The Morgan fingerprint density at radius 3 is 2.70 bits per heavy atom. The molecule has 1 amide bonds. The number of aromatic nitrogens is 2. The summed E-state index contributed by atoms with van der Waals surface area (Å²) in [7, 11) is 1.39. The van der Waals surface area contributed by atoms with Gasteiger partial charge in [0.1, 0.15) is 5.75 Å². The zero-order chi connectivity index (χ0) is 21.8. The number of nitrogens with zero attached hydrogens (tertiary/aromatic N) is 3. The predicted octanol–water partition coefficient (Wildman–Crippen LogP) is 1.59. The highest BCUT2D eigenvalue weighted by atomic mass is 19.3. The first kappa shape index (κ1) is 20.5. The summed E-state index contributed by atoms with van der Waals surface area (Å²) in [5, 5.41) is 21.3. The lowest BCUT2D eigenvalue weighted by atomic mass is 10.0. The molecular formula is C20H17F2N6O2+. The first-order valence-corrected chi connectivity index (χ1v) is 8.58. The quantitative estimate of drug-likeness (QED) is 0.419. The van der Waals surface area contributed by atoms with Gasteiger partial charge >= 0.3 is 6.55 Å². The predicted molar refractivity (Wildman–Crippen MR) is 105 cm³/mol. The maximum Gasteiger partial charge on any atom is 0.333 e. The molecule has 0 fully saturated rings. The average Bonchev–Trinajstić information content (AvgIpc) is 3.24. The topological polar surface area (TPSA) is 132 Å². The average molecular weight is 411 g/mol. The Balaban J connectivity index is 1.87. The van der Waals surface area contributed by atoms with Gasteiger partial charge in [0.25, 0.3) is 5.91 Å². The number of anilines is 2. The van der Waals surface area contributed by atoms with Crippen molar-refractivity contribution in [2.75, 3.05) is 18.2 Å². The van der Waals surface area contributed by atoms with E-state index in [0.29, 0.717) is 27.2 Å². The second-order valence-electron chi connectivity index (χ2n) is 6.18. The summed E-state index contributed by atoms with van der Waals surface area (Å²) in [6, 6.07) is 11.0. The summed E-state index contributed by atoms with van der Waals surface area (Å²) in [4.78, 5) is 12.7. The molecular weight excluding hydrogens is 394 g/mol. The maximum absolute atomic E-state index is 12.8. The third-order valence-corrected chi connectivity index (χ3v) is 4.29. The summed E-state index contributed by atoms with van der Waals surface area (Å²) in [6.07, 6.45) is 2.31. The van der Waals surface area contributed by atoms with E-state index in [1.165, 1.54) is 43.6 Å². The van der Waals surface area contributed by atoms with Gasteiger partial charge in [-0.3, -0.25) is 10.2 Å². The van der Waals surface area contributed by atoms with Crippen LogP contribution in [0, 0.1) is 11.3 Å². The largest absolute Gasteiger partial charge is 0.496 e. The molecule has 0 atom stereocenters. The fourth-order valence-corrected chi connectivity index (χ4v) is 2.75. The van der Waals surface area contributed by atoms with Gasteiger partial charge in [-0.05, 0) is 36.4 Å². The molecule has 0 bridgehead atoms. The van der Waals surface area contributed by atoms with E-state index in [1.807, 2.05) is 6.07 Å². The molecule has 1 heterocycles. The number of nitrogens with two attached hydrogens (primary N) is 2. The van der Waals surface area contributed by atoms with Crippen LogP contribution in [0.1, 0.15) is 33.6 Å². The standard InChI is InChI=1S/C20H16F2N6O2/c1-30-17-6-11(8-23)2-4-14(17)19(29)27-13-3-5-16(24)15(7-13)18(25)12-9-26-28(10-12)20(21)22/h2-7,9-10,20,25H,24H2,1H3,(H,27,29)/p+1. The van der Waals surface area contributed by atoms with E-state index in [2.05, 4.69) is 10.4 Å². The third-order valence-electron chi connectivity index (χ3n) is 4.29. The Kier molecular flexibility index (Phi) is 5.73. The van der Waals surface area contributed by atoms with Gasteiger partial charge in [0, 0.05) is 17.6 Å². The first-order valence-electron chi connectivity index (χ1n) is 8.58. The fourth-order valence-electron chi connectivity index (χ4n) is 2.75. The van der Waals surface area contributed by atoms with Gasteiger partial charge in [0.05, 0.1) is 41.6 Å². The van der Waals surface area contributed by atoms with E-state index in [0.717, 1.165) is 6.20 Å². The Morgan fingerprint density at radius 1 is 1.30 bits per heavy atom. The smallest absolute Gasteiger partial charge is 0.333 e. The number of carbonyl (C=O) groups excluding carboxylic acids is 1. The monoisotopic (exact) mass is 411 g/mol. The van der Waals surface area contributed by atoms with Crippen LogP contribution in [0.2, 0.25) is 0 Å². The number of amides is 1. The minimum absolute atomic E-state index is 0.131. The van der Waals surface area contributed by atoms with Crippen LogP contribution in [0.4, 0.5) is 20.2 Å². The van der Waals surface area contributed by atoms with Gasteiger partial charge in [0.2, 0.25) is 5.71 Å². The SMILES string of the molecule is COc1cc(C#N)ccc1C(=O)Nc1ccc(N)c(C(=[NH2+])c2cnn(C(F)F)c2)c1. The Labute approximate surface area is 170 Å². The van der Waals surface area contributed by atoms with Crippen LogP contribution in [-0.2, 0) is 0 Å². The van der Waals surface area contributed by atoms with Gasteiger partial charge in [-0.2, -0.15) is 19.1 Å². The molecule has 0 aliphatic carbocycles.